The Bertz CT molecular complexity index is 485. The van der Waals surface area contributed by atoms with Gasteiger partial charge in [-0.15, -0.1) is 0 Å². The Morgan fingerprint density at radius 1 is 1.63 bits per heavy atom. The van der Waals surface area contributed by atoms with Crippen LogP contribution in [0.4, 0.5) is 5.88 Å². The smallest absolute Gasteiger partial charge is 0.308 e. The maximum Gasteiger partial charge on any atom is 0.308 e. The first-order valence-electron chi connectivity index (χ1n) is 6.17. The number of aryl methyl sites for hydroxylation is 1. The van der Waals surface area contributed by atoms with Gasteiger partial charge < -0.3 is 9.63 Å². The van der Waals surface area contributed by atoms with Crippen LogP contribution < -0.4 is 5.32 Å². The summed E-state index contributed by atoms with van der Waals surface area (Å²) in [6, 6.07) is 1.49. The lowest BCUT2D eigenvalue weighted by Crippen LogP contribution is -2.38. The van der Waals surface area contributed by atoms with Crippen LogP contribution in [0.15, 0.2) is 10.6 Å². The largest absolute Gasteiger partial charge is 0.481 e. The first-order valence-corrected chi connectivity index (χ1v) is 6.17. The molecule has 19 heavy (non-hydrogen) atoms. The molecule has 2 N–H and O–H groups in total. The van der Waals surface area contributed by atoms with Gasteiger partial charge >= 0.3 is 5.97 Å². The maximum atomic E-state index is 11.8. The number of hydrogen-bond acceptors (Lipinski definition) is 5. The predicted molar refractivity (Wildman–Crippen MR) is 66.6 cm³/mol. The average Bonchev–Trinajstić information content (AvgIpc) is 2.87. The van der Waals surface area contributed by atoms with Gasteiger partial charge in [0.05, 0.1) is 18.2 Å². The summed E-state index contributed by atoms with van der Waals surface area (Å²) < 4.78 is 4.89. The van der Waals surface area contributed by atoms with Crippen LogP contribution in [-0.2, 0) is 9.59 Å². The van der Waals surface area contributed by atoms with E-state index in [4.69, 9.17) is 9.63 Å². The zero-order valence-corrected chi connectivity index (χ0v) is 10.9. The summed E-state index contributed by atoms with van der Waals surface area (Å²) in [5.41, 5.74) is 0.691. The summed E-state index contributed by atoms with van der Waals surface area (Å²) >= 11 is 0. The van der Waals surface area contributed by atoms with Crippen molar-refractivity contribution in [1.29, 1.82) is 0 Å². The van der Waals surface area contributed by atoms with Crippen LogP contribution in [-0.4, -0.2) is 46.2 Å². The van der Waals surface area contributed by atoms with E-state index in [9.17, 15) is 9.59 Å². The van der Waals surface area contributed by atoms with E-state index in [1.807, 2.05) is 11.8 Å². The molecule has 7 heteroatoms. The quantitative estimate of drug-likeness (QED) is 0.834. The number of aromatic nitrogens is 1. The van der Waals surface area contributed by atoms with E-state index in [2.05, 4.69) is 10.5 Å². The molecule has 1 amide bonds. The van der Waals surface area contributed by atoms with Crippen LogP contribution in [0.5, 0.6) is 0 Å². The van der Waals surface area contributed by atoms with Crippen molar-refractivity contribution in [3.05, 3.63) is 11.8 Å². The fraction of sp³-hybridized carbons (Fsp3) is 0.583. The minimum absolute atomic E-state index is 0.139. The van der Waals surface area contributed by atoms with Gasteiger partial charge in [-0.1, -0.05) is 5.16 Å². The number of hydrogen-bond donors (Lipinski definition) is 2. The molecule has 2 rings (SSSR count). The van der Waals surface area contributed by atoms with Crippen LogP contribution in [0.3, 0.4) is 0 Å². The summed E-state index contributed by atoms with van der Waals surface area (Å²) in [7, 11) is 0. The molecule has 1 fully saturated rings. The monoisotopic (exact) mass is 267 g/mol. The van der Waals surface area contributed by atoms with Gasteiger partial charge in [-0.2, -0.15) is 0 Å². The number of carboxylic acids is 1. The van der Waals surface area contributed by atoms with E-state index in [-0.39, 0.29) is 18.5 Å². The number of nitrogens with one attached hydrogen (secondary N) is 1. The number of aliphatic carboxylic acids is 1. The first-order chi connectivity index (χ1) is 8.97. The van der Waals surface area contributed by atoms with Gasteiger partial charge in [-0.3, -0.25) is 19.8 Å². The Morgan fingerprint density at radius 3 is 2.89 bits per heavy atom. The molecular weight excluding hydrogens is 250 g/mol. The molecule has 0 aliphatic carbocycles. The number of carbonyl (C=O) groups is 2. The lowest BCUT2D eigenvalue weighted by molar-refractivity contribution is -0.142. The Balaban J connectivity index is 1.88. The van der Waals surface area contributed by atoms with E-state index in [1.165, 1.54) is 0 Å². The third kappa shape index (κ3) is 3.11. The second-order valence-corrected chi connectivity index (χ2v) is 4.83. The molecule has 2 heterocycles. The van der Waals surface area contributed by atoms with Gasteiger partial charge in [-0.25, -0.2) is 0 Å². The summed E-state index contributed by atoms with van der Waals surface area (Å²) in [5, 5.41) is 15.3. The average molecular weight is 267 g/mol. The standard InChI is InChI=1S/C12H17N3O4/c1-7-5-11(19-14-7)13-10(16)6-15-4-3-9(8(15)2)12(17)18/h5,8-9H,3-4,6H2,1-2H3,(H,13,16)(H,17,18). The second kappa shape index (κ2) is 5.40. The molecule has 2 unspecified atom stereocenters. The SMILES string of the molecule is Cc1cc(NC(=O)CN2CCC(C(=O)O)C2C)on1. The Hall–Kier alpha value is -1.89. The molecule has 1 saturated heterocycles. The second-order valence-electron chi connectivity index (χ2n) is 4.83. The van der Waals surface area contributed by atoms with Crippen molar-refractivity contribution in [2.75, 3.05) is 18.4 Å². The first kappa shape index (κ1) is 13.5. The molecule has 7 nitrogen and oxygen atoms in total. The lowest BCUT2D eigenvalue weighted by atomic mass is 10.0. The zero-order chi connectivity index (χ0) is 14.0. The highest BCUT2D eigenvalue weighted by Crippen LogP contribution is 2.24. The molecule has 0 radical (unpaired) electrons. The molecule has 0 spiro atoms. The van der Waals surface area contributed by atoms with Crippen molar-refractivity contribution >= 4 is 17.8 Å². The molecule has 1 aliphatic rings. The van der Waals surface area contributed by atoms with Crippen molar-refractivity contribution in [1.82, 2.24) is 10.1 Å². The number of carboxylic acid groups (broad SMARTS) is 1. The van der Waals surface area contributed by atoms with E-state index >= 15 is 0 Å². The summed E-state index contributed by atoms with van der Waals surface area (Å²) in [5.74, 6) is -1.13. The summed E-state index contributed by atoms with van der Waals surface area (Å²) in [6.07, 6.45) is 0.575. The van der Waals surface area contributed by atoms with E-state index in [1.54, 1.807) is 13.0 Å². The number of carbonyl (C=O) groups excluding carboxylic acids is 1. The normalized spacial score (nSPS) is 23.5. The van der Waals surface area contributed by atoms with Gasteiger partial charge in [0.25, 0.3) is 0 Å². The molecule has 2 atom stereocenters. The van der Waals surface area contributed by atoms with Crippen LogP contribution in [0, 0.1) is 12.8 Å². The van der Waals surface area contributed by atoms with E-state index in [0.29, 0.717) is 24.5 Å². The summed E-state index contributed by atoms with van der Waals surface area (Å²) in [4.78, 5) is 24.7. The Labute approximate surface area is 110 Å². The van der Waals surface area contributed by atoms with Gasteiger partial charge in [0, 0.05) is 12.1 Å². The number of nitrogens with zero attached hydrogens (tertiary/aromatic N) is 2. The Morgan fingerprint density at radius 2 is 2.37 bits per heavy atom. The molecule has 1 aliphatic heterocycles. The molecule has 0 saturated carbocycles. The molecule has 0 aromatic carbocycles. The zero-order valence-electron chi connectivity index (χ0n) is 10.9. The van der Waals surface area contributed by atoms with E-state index < -0.39 is 11.9 Å². The Kier molecular flexibility index (Phi) is 3.84. The van der Waals surface area contributed by atoms with Crippen molar-refractivity contribution in [2.45, 2.75) is 26.3 Å². The van der Waals surface area contributed by atoms with Crippen LogP contribution in [0.2, 0.25) is 0 Å². The van der Waals surface area contributed by atoms with Crippen LogP contribution in [0.1, 0.15) is 19.0 Å². The molecule has 104 valence electrons. The van der Waals surface area contributed by atoms with Crippen LogP contribution >= 0.6 is 0 Å². The molecular formula is C12H17N3O4. The third-order valence-corrected chi connectivity index (χ3v) is 3.44. The highest BCUT2D eigenvalue weighted by Gasteiger charge is 2.36. The highest BCUT2D eigenvalue weighted by molar-refractivity contribution is 5.91. The molecule has 0 bridgehead atoms. The highest BCUT2D eigenvalue weighted by atomic mass is 16.5. The fourth-order valence-electron chi connectivity index (χ4n) is 2.34. The molecule has 1 aromatic rings. The number of anilines is 1. The van der Waals surface area contributed by atoms with Crippen molar-refractivity contribution in [2.24, 2.45) is 5.92 Å². The van der Waals surface area contributed by atoms with Crippen molar-refractivity contribution < 1.29 is 19.2 Å². The van der Waals surface area contributed by atoms with Gasteiger partial charge in [0.15, 0.2) is 0 Å². The lowest BCUT2D eigenvalue weighted by Gasteiger charge is -2.21. The minimum atomic E-state index is -0.804. The number of amides is 1. The van der Waals surface area contributed by atoms with Crippen molar-refractivity contribution in [3.8, 4) is 0 Å². The predicted octanol–water partition coefficient (Wildman–Crippen LogP) is 0.717. The number of rotatable bonds is 4. The van der Waals surface area contributed by atoms with E-state index in [0.717, 1.165) is 0 Å². The van der Waals surface area contributed by atoms with Crippen LogP contribution in [0.25, 0.3) is 0 Å². The topological polar surface area (TPSA) is 95.7 Å². The maximum absolute atomic E-state index is 11.8. The van der Waals surface area contributed by atoms with Gasteiger partial charge in [0.1, 0.15) is 0 Å². The third-order valence-electron chi connectivity index (χ3n) is 3.44. The number of likely N-dealkylation sites (tertiary alicyclic amines) is 1. The van der Waals surface area contributed by atoms with Gasteiger partial charge in [0.2, 0.25) is 11.8 Å². The summed E-state index contributed by atoms with van der Waals surface area (Å²) in [6.45, 7) is 4.36. The fourth-order valence-corrected chi connectivity index (χ4v) is 2.34. The molecule has 1 aromatic heterocycles. The minimum Gasteiger partial charge on any atom is -0.481 e. The van der Waals surface area contributed by atoms with Gasteiger partial charge in [-0.05, 0) is 26.8 Å². The van der Waals surface area contributed by atoms with Crippen molar-refractivity contribution in [3.63, 3.8) is 0 Å².